The van der Waals surface area contributed by atoms with Crippen molar-refractivity contribution in [2.75, 3.05) is 59.3 Å². The zero-order valence-corrected chi connectivity index (χ0v) is 27.6. The summed E-state index contributed by atoms with van der Waals surface area (Å²) in [6.45, 7) is 9.18. The summed E-state index contributed by atoms with van der Waals surface area (Å²) in [5, 5.41) is 13.2. The van der Waals surface area contributed by atoms with Crippen molar-refractivity contribution in [3.05, 3.63) is 59.7 Å². The molecule has 9 heteroatoms. The average molecular weight is 611 g/mol. The van der Waals surface area contributed by atoms with Gasteiger partial charge in [-0.05, 0) is 91.0 Å². The Morgan fingerprint density at radius 2 is 1.86 bits per heavy atom. The first kappa shape index (κ1) is 35.5. The summed E-state index contributed by atoms with van der Waals surface area (Å²) >= 11 is 0. The Morgan fingerprint density at radius 3 is 2.57 bits per heavy atom. The van der Waals surface area contributed by atoms with Gasteiger partial charge in [-0.2, -0.15) is 0 Å². The number of aliphatic hydroxyl groups excluding tert-OH is 1. The van der Waals surface area contributed by atoms with Gasteiger partial charge in [0.1, 0.15) is 5.75 Å². The maximum absolute atomic E-state index is 14.3. The number of carbonyl (C=O) groups excluding carboxylic acids is 2. The van der Waals surface area contributed by atoms with E-state index in [2.05, 4.69) is 36.3 Å². The van der Waals surface area contributed by atoms with Crippen LogP contribution in [0.1, 0.15) is 68.8 Å². The molecule has 1 heterocycles. The number of likely N-dealkylation sites (N-methyl/N-ethyl adjacent to an activating group) is 1. The topological polar surface area (TPSA) is 94.6 Å². The number of rotatable bonds is 11. The van der Waals surface area contributed by atoms with Crippen molar-refractivity contribution in [3.8, 4) is 5.75 Å². The van der Waals surface area contributed by atoms with Crippen molar-refractivity contribution in [3.63, 3.8) is 0 Å². The van der Waals surface area contributed by atoms with Crippen molar-refractivity contribution in [1.29, 1.82) is 0 Å². The van der Waals surface area contributed by atoms with Crippen LogP contribution in [0, 0.1) is 5.92 Å². The summed E-state index contributed by atoms with van der Waals surface area (Å²) in [7, 11) is 6.06. The fraction of sp³-hybridized carbons (Fsp3) is 0.600. The molecular weight excluding hydrogens is 556 g/mol. The van der Waals surface area contributed by atoms with Gasteiger partial charge >= 0.3 is 0 Å². The maximum Gasteiger partial charge on any atom is 0.258 e. The van der Waals surface area contributed by atoms with Crippen LogP contribution in [0.4, 0.5) is 5.69 Å². The number of amides is 2. The van der Waals surface area contributed by atoms with E-state index in [4.69, 9.17) is 9.47 Å². The fourth-order valence-corrected chi connectivity index (χ4v) is 5.51. The lowest BCUT2D eigenvalue weighted by molar-refractivity contribution is -0.116. The van der Waals surface area contributed by atoms with E-state index >= 15 is 0 Å². The van der Waals surface area contributed by atoms with E-state index in [1.54, 1.807) is 23.1 Å². The number of fused-ring (bicyclic) bond motifs is 1. The second-order valence-electron chi connectivity index (χ2n) is 12.6. The van der Waals surface area contributed by atoms with Crippen molar-refractivity contribution in [1.82, 2.24) is 14.7 Å². The molecule has 2 amide bonds. The van der Waals surface area contributed by atoms with Gasteiger partial charge in [0.05, 0.1) is 30.4 Å². The summed E-state index contributed by atoms with van der Waals surface area (Å²) in [4.78, 5) is 33.0. The minimum atomic E-state index is -0.421. The molecule has 0 aromatic heterocycles. The lowest BCUT2D eigenvalue weighted by Gasteiger charge is -2.36. The molecule has 0 radical (unpaired) electrons. The summed E-state index contributed by atoms with van der Waals surface area (Å²) in [6.07, 6.45) is 3.61. The molecule has 3 rings (SSSR count). The van der Waals surface area contributed by atoms with E-state index in [0.717, 1.165) is 38.8 Å². The van der Waals surface area contributed by atoms with E-state index in [-0.39, 0.29) is 36.5 Å². The average Bonchev–Trinajstić information content (AvgIpc) is 2.98. The number of aliphatic hydroxyl groups is 1. The molecule has 0 spiro atoms. The molecule has 2 N–H and O–H groups in total. The Morgan fingerprint density at radius 1 is 1.11 bits per heavy atom. The molecule has 2 aromatic carbocycles. The largest absolute Gasteiger partial charge is 0.490 e. The molecule has 1 aliphatic heterocycles. The zero-order chi connectivity index (χ0) is 32.1. The minimum Gasteiger partial charge on any atom is -0.490 e. The van der Waals surface area contributed by atoms with Gasteiger partial charge in [-0.1, -0.05) is 37.3 Å². The Bertz CT molecular complexity index is 1160. The van der Waals surface area contributed by atoms with Crippen molar-refractivity contribution in [2.45, 2.75) is 77.7 Å². The van der Waals surface area contributed by atoms with E-state index in [1.165, 1.54) is 5.56 Å². The van der Waals surface area contributed by atoms with Crippen molar-refractivity contribution >= 4 is 17.5 Å². The summed E-state index contributed by atoms with van der Waals surface area (Å²) in [5.41, 5.74) is 2.17. The number of anilines is 1. The molecule has 0 fully saturated rings. The van der Waals surface area contributed by atoms with Crippen LogP contribution in [0.25, 0.3) is 0 Å². The number of hydrogen-bond donors (Lipinski definition) is 2. The SMILES string of the molecule is C[C@@H]1CCCCO[C@@H](CN(C)Cc2ccccc2)[C@@H](C)CN([C@H](C)CO)C(=O)c2cc(NC(=O)CCCN(C)C)ccc2O1. The Hall–Kier alpha value is -2.98. The monoisotopic (exact) mass is 610 g/mol. The number of benzene rings is 2. The Balaban J connectivity index is 1.87. The standard InChI is InChI=1S/C35H54N4O5/c1-26-22-39(27(2)25-40)35(42)31-21-30(36-34(41)16-12-19-37(4)5)17-18-32(31)44-28(3)13-10-11-20-43-33(26)24-38(6)23-29-14-8-7-9-15-29/h7-9,14-15,17-18,21,26-28,33,40H,10-13,16,19-20,22-25H2,1-6H3,(H,36,41)/t26-,27+,28+,33-/m0/s1. The summed E-state index contributed by atoms with van der Waals surface area (Å²) < 4.78 is 12.8. The van der Waals surface area contributed by atoms with Gasteiger partial charge < -0.3 is 29.7 Å². The minimum absolute atomic E-state index is 0.00279. The molecule has 9 nitrogen and oxygen atoms in total. The second kappa shape index (κ2) is 18.1. The van der Waals surface area contributed by atoms with Crippen LogP contribution in [0.3, 0.4) is 0 Å². The number of hydrogen-bond acceptors (Lipinski definition) is 7. The lowest BCUT2D eigenvalue weighted by atomic mass is 10.0. The Labute approximate surface area is 264 Å². The van der Waals surface area contributed by atoms with Gasteiger partial charge in [-0.15, -0.1) is 0 Å². The lowest BCUT2D eigenvalue weighted by Crippen LogP contribution is -2.47. The fourth-order valence-electron chi connectivity index (χ4n) is 5.51. The van der Waals surface area contributed by atoms with Gasteiger partial charge in [-0.3, -0.25) is 14.5 Å². The normalized spacial score (nSPS) is 21.0. The van der Waals surface area contributed by atoms with Crippen LogP contribution in [0.15, 0.2) is 48.5 Å². The molecule has 0 saturated carbocycles. The predicted octanol–water partition coefficient (Wildman–Crippen LogP) is 4.89. The molecule has 0 unspecified atom stereocenters. The molecule has 1 aliphatic rings. The van der Waals surface area contributed by atoms with Gasteiger partial charge in [0.15, 0.2) is 0 Å². The molecular formula is C35H54N4O5. The summed E-state index contributed by atoms with van der Waals surface area (Å²) in [6, 6.07) is 15.2. The molecule has 0 aliphatic carbocycles. The number of nitrogens with zero attached hydrogens (tertiary/aromatic N) is 3. The quantitative estimate of drug-likeness (QED) is 0.374. The second-order valence-corrected chi connectivity index (χ2v) is 12.6. The van der Waals surface area contributed by atoms with Crippen LogP contribution in [-0.4, -0.2) is 104 Å². The van der Waals surface area contributed by atoms with Crippen LogP contribution in [0.2, 0.25) is 0 Å². The molecule has 244 valence electrons. The highest BCUT2D eigenvalue weighted by molar-refractivity contribution is 5.99. The zero-order valence-electron chi connectivity index (χ0n) is 27.6. The third-order valence-corrected chi connectivity index (χ3v) is 8.13. The highest BCUT2D eigenvalue weighted by atomic mass is 16.5. The molecule has 0 bridgehead atoms. The van der Waals surface area contributed by atoms with E-state index < -0.39 is 6.04 Å². The smallest absolute Gasteiger partial charge is 0.258 e. The van der Waals surface area contributed by atoms with E-state index in [0.29, 0.717) is 43.1 Å². The first-order chi connectivity index (χ1) is 21.1. The highest BCUT2D eigenvalue weighted by Crippen LogP contribution is 2.28. The van der Waals surface area contributed by atoms with Crippen LogP contribution in [-0.2, 0) is 16.1 Å². The van der Waals surface area contributed by atoms with Gasteiger partial charge in [0.25, 0.3) is 5.91 Å². The summed E-state index contributed by atoms with van der Waals surface area (Å²) in [5.74, 6) is 0.154. The van der Waals surface area contributed by atoms with Crippen molar-refractivity contribution < 1.29 is 24.2 Å². The molecule has 4 atom stereocenters. The van der Waals surface area contributed by atoms with Gasteiger partial charge in [0.2, 0.25) is 5.91 Å². The molecule has 2 aromatic rings. The highest BCUT2D eigenvalue weighted by Gasteiger charge is 2.30. The molecule has 44 heavy (non-hydrogen) atoms. The molecule has 0 saturated heterocycles. The van der Waals surface area contributed by atoms with E-state index in [9.17, 15) is 14.7 Å². The number of carbonyl (C=O) groups is 2. The first-order valence-corrected chi connectivity index (χ1v) is 16.1. The van der Waals surface area contributed by atoms with Gasteiger partial charge in [0, 0.05) is 44.3 Å². The van der Waals surface area contributed by atoms with Crippen molar-refractivity contribution in [2.24, 2.45) is 5.92 Å². The first-order valence-electron chi connectivity index (χ1n) is 16.1. The predicted molar refractivity (Wildman–Crippen MR) is 176 cm³/mol. The third-order valence-electron chi connectivity index (χ3n) is 8.13. The van der Waals surface area contributed by atoms with Crippen LogP contribution in [0.5, 0.6) is 5.75 Å². The Kier molecular flexibility index (Phi) is 14.6. The maximum atomic E-state index is 14.3. The number of ether oxygens (including phenoxy) is 2. The third kappa shape index (κ3) is 11.5. The number of nitrogens with one attached hydrogen (secondary N) is 1. The van der Waals surface area contributed by atoms with Crippen LogP contribution < -0.4 is 10.1 Å². The van der Waals surface area contributed by atoms with Crippen LogP contribution >= 0.6 is 0 Å². The van der Waals surface area contributed by atoms with E-state index in [1.807, 2.05) is 51.0 Å². The van der Waals surface area contributed by atoms with Gasteiger partial charge in [-0.25, -0.2) is 0 Å².